The summed E-state index contributed by atoms with van der Waals surface area (Å²) in [4.78, 5) is 17.8. The molecule has 0 atom stereocenters. The van der Waals surface area contributed by atoms with Crippen molar-refractivity contribution in [1.29, 1.82) is 0 Å². The van der Waals surface area contributed by atoms with E-state index >= 15 is 0 Å². The number of hydrogen-bond donors (Lipinski definition) is 2. The topological polar surface area (TPSA) is 66.0 Å². The van der Waals surface area contributed by atoms with E-state index in [-0.39, 0.29) is 24.0 Å². The summed E-state index contributed by atoms with van der Waals surface area (Å²) in [6, 6.07) is 7.66. The Morgan fingerprint density at radius 1 is 1.33 bits per heavy atom. The number of carbonyl (C=O) groups excluding carboxylic acids is 1. The molecule has 1 amide bonds. The van der Waals surface area contributed by atoms with Crippen LogP contribution in [0.25, 0.3) is 0 Å². The van der Waals surface area contributed by atoms with Gasteiger partial charge in [-0.05, 0) is 29.5 Å². The Balaban J connectivity index is 0.00000288. The number of methoxy groups -OCH3 is 1. The molecule has 134 valence electrons. The Kier molecular flexibility index (Phi) is 7.78. The minimum atomic E-state index is -0.465. The summed E-state index contributed by atoms with van der Waals surface area (Å²) >= 11 is 0. The molecular formula is C17H27IN4O2. The van der Waals surface area contributed by atoms with Gasteiger partial charge >= 0.3 is 6.09 Å². The summed E-state index contributed by atoms with van der Waals surface area (Å²) in [6.07, 6.45) is 0.717. The summed E-state index contributed by atoms with van der Waals surface area (Å²) in [6.45, 7) is 7.33. The van der Waals surface area contributed by atoms with Crippen molar-refractivity contribution in [3.8, 4) is 0 Å². The van der Waals surface area contributed by atoms with Crippen LogP contribution in [0.2, 0.25) is 0 Å². The average molecular weight is 446 g/mol. The van der Waals surface area contributed by atoms with Gasteiger partial charge in [-0.2, -0.15) is 0 Å². The molecule has 1 saturated heterocycles. The molecule has 6 nitrogen and oxygen atoms in total. The van der Waals surface area contributed by atoms with Crippen LogP contribution < -0.4 is 10.6 Å². The fourth-order valence-corrected chi connectivity index (χ4v) is 2.68. The first-order valence-electron chi connectivity index (χ1n) is 7.83. The van der Waals surface area contributed by atoms with Crippen molar-refractivity contribution >= 4 is 41.7 Å². The SMILES string of the molecule is CN=C(NCc1ccc(NC(=O)OC)cc1)N1CCC(C)(C)C1.I. The molecule has 7 heteroatoms. The molecule has 0 bridgehead atoms. The molecule has 0 aliphatic carbocycles. The van der Waals surface area contributed by atoms with Gasteiger partial charge in [-0.25, -0.2) is 4.79 Å². The number of guanidine groups is 1. The first-order valence-corrected chi connectivity index (χ1v) is 7.83. The summed E-state index contributed by atoms with van der Waals surface area (Å²) in [7, 11) is 3.16. The molecule has 0 unspecified atom stereocenters. The van der Waals surface area contributed by atoms with Crippen molar-refractivity contribution in [2.45, 2.75) is 26.8 Å². The first-order chi connectivity index (χ1) is 10.9. The van der Waals surface area contributed by atoms with Crippen LogP contribution in [0.15, 0.2) is 29.3 Å². The zero-order chi connectivity index (χ0) is 16.9. The summed E-state index contributed by atoms with van der Waals surface area (Å²) in [5, 5.41) is 6.04. The number of likely N-dealkylation sites (tertiary alicyclic amines) is 1. The van der Waals surface area contributed by atoms with E-state index in [0.717, 1.165) is 24.6 Å². The second-order valence-corrected chi connectivity index (χ2v) is 6.55. The maximum Gasteiger partial charge on any atom is 0.411 e. The maximum atomic E-state index is 11.2. The molecule has 0 spiro atoms. The Labute approximate surface area is 161 Å². The van der Waals surface area contributed by atoms with E-state index in [2.05, 4.69) is 39.1 Å². The monoisotopic (exact) mass is 446 g/mol. The minimum Gasteiger partial charge on any atom is -0.453 e. The molecule has 1 heterocycles. The number of ether oxygens (including phenoxy) is 1. The lowest BCUT2D eigenvalue weighted by Crippen LogP contribution is -2.40. The zero-order valence-corrected chi connectivity index (χ0v) is 17.1. The van der Waals surface area contributed by atoms with Crippen LogP contribution in [-0.4, -0.2) is 44.2 Å². The van der Waals surface area contributed by atoms with Crippen molar-refractivity contribution in [2.24, 2.45) is 10.4 Å². The quantitative estimate of drug-likeness (QED) is 0.425. The van der Waals surface area contributed by atoms with Crippen LogP contribution in [0.5, 0.6) is 0 Å². The third kappa shape index (κ3) is 5.85. The number of rotatable bonds is 3. The lowest BCUT2D eigenvalue weighted by atomic mass is 9.93. The molecule has 1 aromatic carbocycles. The third-order valence-electron chi connectivity index (χ3n) is 4.03. The first kappa shape index (κ1) is 20.5. The summed E-state index contributed by atoms with van der Waals surface area (Å²) in [5.74, 6) is 0.937. The largest absolute Gasteiger partial charge is 0.453 e. The van der Waals surface area contributed by atoms with Gasteiger partial charge in [0.05, 0.1) is 7.11 Å². The van der Waals surface area contributed by atoms with Gasteiger partial charge in [0.25, 0.3) is 0 Å². The summed E-state index contributed by atoms with van der Waals surface area (Å²) < 4.78 is 4.57. The predicted molar refractivity (Wildman–Crippen MR) is 108 cm³/mol. The molecule has 1 aromatic rings. The molecule has 1 aliphatic rings. The highest BCUT2D eigenvalue weighted by Gasteiger charge is 2.30. The molecule has 1 aliphatic heterocycles. The van der Waals surface area contributed by atoms with E-state index in [1.165, 1.54) is 13.5 Å². The Morgan fingerprint density at radius 3 is 2.50 bits per heavy atom. The molecular weight excluding hydrogens is 419 g/mol. The van der Waals surface area contributed by atoms with Crippen LogP contribution in [0, 0.1) is 5.41 Å². The number of hydrogen-bond acceptors (Lipinski definition) is 3. The fraction of sp³-hybridized carbons (Fsp3) is 0.529. The highest BCUT2D eigenvalue weighted by molar-refractivity contribution is 14.0. The van der Waals surface area contributed by atoms with Crippen molar-refractivity contribution in [2.75, 3.05) is 32.6 Å². The van der Waals surface area contributed by atoms with E-state index in [4.69, 9.17) is 0 Å². The van der Waals surface area contributed by atoms with Gasteiger partial charge in [0.15, 0.2) is 5.96 Å². The van der Waals surface area contributed by atoms with Crippen LogP contribution in [0.3, 0.4) is 0 Å². The second kappa shape index (κ2) is 9.10. The number of nitrogens with one attached hydrogen (secondary N) is 2. The van der Waals surface area contributed by atoms with E-state index < -0.39 is 6.09 Å². The smallest absolute Gasteiger partial charge is 0.411 e. The molecule has 2 N–H and O–H groups in total. The highest BCUT2D eigenvalue weighted by atomic mass is 127. The normalized spacial score (nSPS) is 16.3. The van der Waals surface area contributed by atoms with Gasteiger partial charge in [0, 0.05) is 32.4 Å². The molecule has 1 fully saturated rings. The van der Waals surface area contributed by atoms with E-state index in [0.29, 0.717) is 17.6 Å². The minimum absolute atomic E-state index is 0. The molecule has 0 radical (unpaired) electrons. The number of carbonyl (C=O) groups is 1. The van der Waals surface area contributed by atoms with E-state index in [1.54, 1.807) is 0 Å². The maximum absolute atomic E-state index is 11.2. The van der Waals surface area contributed by atoms with Crippen molar-refractivity contribution in [3.05, 3.63) is 29.8 Å². The zero-order valence-electron chi connectivity index (χ0n) is 14.8. The highest BCUT2D eigenvalue weighted by Crippen LogP contribution is 2.28. The van der Waals surface area contributed by atoms with E-state index in [1.807, 2.05) is 31.3 Å². The van der Waals surface area contributed by atoms with Crippen molar-refractivity contribution < 1.29 is 9.53 Å². The number of benzene rings is 1. The van der Waals surface area contributed by atoms with Crippen LogP contribution in [-0.2, 0) is 11.3 Å². The van der Waals surface area contributed by atoms with Crippen molar-refractivity contribution in [1.82, 2.24) is 10.2 Å². The van der Waals surface area contributed by atoms with Crippen molar-refractivity contribution in [3.63, 3.8) is 0 Å². The second-order valence-electron chi connectivity index (χ2n) is 6.55. The van der Waals surface area contributed by atoms with Gasteiger partial charge in [-0.3, -0.25) is 10.3 Å². The Hall–Kier alpha value is -1.51. The number of halogens is 1. The van der Waals surface area contributed by atoms with Gasteiger partial charge < -0.3 is 15.0 Å². The summed E-state index contributed by atoms with van der Waals surface area (Å²) in [5.41, 5.74) is 2.19. The number of aliphatic imine (C=N–C) groups is 1. The van der Waals surface area contributed by atoms with Gasteiger partial charge in [0.2, 0.25) is 0 Å². The van der Waals surface area contributed by atoms with E-state index in [9.17, 15) is 4.79 Å². The Morgan fingerprint density at radius 2 is 2.00 bits per heavy atom. The molecule has 24 heavy (non-hydrogen) atoms. The Bertz CT molecular complexity index is 572. The third-order valence-corrected chi connectivity index (χ3v) is 4.03. The average Bonchev–Trinajstić information content (AvgIpc) is 2.89. The number of amides is 1. The standard InChI is InChI=1S/C17H26N4O2.HI/c1-17(2)9-10-21(12-17)15(18-3)19-11-13-5-7-14(8-6-13)20-16(22)23-4;/h5-8H,9-12H2,1-4H3,(H,18,19)(H,20,22);1H. The lowest BCUT2D eigenvalue weighted by molar-refractivity contribution is 0.187. The molecule has 2 rings (SSSR count). The van der Waals surface area contributed by atoms with Gasteiger partial charge in [-0.15, -0.1) is 24.0 Å². The van der Waals surface area contributed by atoms with Crippen LogP contribution in [0.1, 0.15) is 25.8 Å². The van der Waals surface area contributed by atoms with Gasteiger partial charge in [-0.1, -0.05) is 26.0 Å². The molecule has 0 aromatic heterocycles. The number of anilines is 1. The van der Waals surface area contributed by atoms with Crippen LogP contribution in [0.4, 0.5) is 10.5 Å². The van der Waals surface area contributed by atoms with Gasteiger partial charge in [0.1, 0.15) is 0 Å². The van der Waals surface area contributed by atoms with Crippen LogP contribution >= 0.6 is 24.0 Å². The molecule has 0 saturated carbocycles. The number of nitrogens with zero attached hydrogens (tertiary/aromatic N) is 2. The fourth-order valence-electron chi connectivity index (χ4n) is 2.68. The predicted octanol–water partition coefficient (Wildman–Crippen LogP) is 3.29. The lowest BCUT2D eigenvalue weighted by Gasteiger charge is -2.23.